The van der Waals surface area contributed by atoms with E-state index in [-0.39, 0.29) is 17.3 Å². The Morgan fingerprint density at radius 1 is 1.12 bits per heavy atom. The number of benzene rings is 2. The summed E-state index contributed by atoms with van der Waals surface area (Å²) in [6.07, 6.45) is 3.96. The molecule has 10 nitrogen and oxygen atoms in total. The number of nitrogens with zero attached hydrogens (tertiary/aromatic N) is 2. The molecule has 0 atom stereocenters. The van der Waals surface area contributed by atoms with E-state index in [4.69, 9.17) is 32.3 Å². The Kier molecular flexibility index (Phi) is 13.6. The fourth-order valence-corrected chi connectivity index (χ4v) is 3.87. The van der Waals surface area contributed by atoms with E-state index in [1.807, 2.05) is 31.2 Å². The number of esters is 1. The van der Waals surface area contributed by atoms with Gasteiger partial charge in [-0.05, 0) is 56.7 Å². The first kappa shape index (κ1) is 33.1. The molecule has 2 aromatic carbocycles. The van der Waals surface area contributed by atoms with Gasteiger partial charge in [-0.2, -0.15) is 0 Å². The molecule has 11 heteroatoms. The Labute approximate surface area is 245 Å². The second kappa shape index (κ2) is 16.8. The summed E-state index contributed by atoms with van der Waals surface area (Å²) < 4.78 is 9.87. The second-order valence-corrected chi connectivity index (χ2v) is 9.57. The third-order valence-electron chi connectivity index (χ3n) is 6.13. The van der Waals surface area contributed by atoms with Crippen molar-refractivity contribution >= 4 is 29.1 Å². The fraction of sp³-hybridized carbons (Fsp3) is 0.333. The van der Waals surface area contributed by atoms with Gasteiger partial charge in [-0.25, -0.2) is 26.0 Å². The van der Waals surface area contributed by atoms with Crippen LogP contribution in [0, 0.1) is 6.92 Å². The molecule has 1 heterocycles. The lowest BCUT2D eigenvalue weighted by atomic mass is 9.98. The first-order chi connectivity index (χ1) is 19.6. The molecule has 6 N–H and O–H groups in total. The average Bonchev–Trinajstić information content (AvgIpc) is 3.31. The van der Waals surface area contributed by atoms with E-state index in [0.29, 0.717) is 17.3 Å². The van der Waals surface area contributed by atoms with Crippen LogP contribution >= 0.6 is 11.6 Å². The number of unbranched alkanes of at least 4 members (excludes halogenated alkanes) is 1. The minimum absolute atomic E-state index is 0.0869. The molecule has 0 aliphatic heterocycles. The average molecular weight is 583 g/mol. The quantitative estimate of drug-likeness (QED) is 0.0445. The largest absolute Gasteiger partial charge is 0.456 e. The maximum atomic E-state index is 11.9. The van der Waals surface area contributed by atoms with Gasteiger partial charge in [0.1, 0.15) is 17.5 Å². The molecule has 0 radical (unpaired) electrons. The van der Waals surface area contributed by atoms with Crippen LogP contribution < -0.4 is 22.9 Å². The van der Waals surface area contributed by atoms with Gasteiger partial charge in [0, 0.05) is 11.3 Å². The molecule has 0 saturated heterocycles. The van der Waals surface area contributed by atoms with Crippen LogP contribution in [0.3, 0.4) is 0 Å². The number of hydrazine groups is 1. The number of hydrogen-bond acceptors (Lipinski definition) is 8. The fourth-order valence-electron chi connectivity index (χ4n) is 3.65. The number of hydrogen-bond donors (Lipinski definition) is 4. The number of aliphatic imine (C=N–C) groups is 1. The number of halogens is 1. The number of aromatic nitrogens is 1. The lowest BCUT2D eigenvalue weighted by Gasteiger charge is -2.09. The molecule has 0 fully saturated rings. The predicted molar refractivity (Wildman–Crippen MR) is 164 cm³/mol. The Morgan fingerprint density at radius 2 is 1.80 bits per heavy atom. The van der Waals surface area contributed by atoms with E-state index >= 15 is 0 Å². The van der Waals surface area contributed by atoms with Gasteiger partial charge in [-0.15, -0.1) is 5.10 Å². The molecule has 0 amide bonds. The SMILES string of the molecule is CCCC/C(C)=N/C(Cl)=C(\C)C(=O)OCc1[nH]c(=O)oc1C.CCc1ccc(-c2ccccc2/C(N)=N/NN)cc1. The third kappa shape index (κ3) is 10.4. The number of aromatic amines is 1. The van der Waals surface area contributed by atoms with Gasteiger partial charge in [0.15, 0.2) is 5.84 Å². The zero-order chi connectivity index (χ0) is 30.4. The highest BCUT2D eigenvalue weighted by Gasteiger charge is 2.14. The molecule has 1 aromatic heterocycles. The predicted octanol–water partition coefficient (Wildman–Crippen LogP) is 5.44. The van der Waals surface area contributed by atoms with E-state index in [0.717, 1.165) is 48.1 Å². The zero-order valence-corrected chi connectivity index (χ0v) is 25.0. The van der Waals surface area contributed by atoms with Crippen molar-refractivity contribution in [3.05, 3.63) is 92.4 Å². The highest BCUT2D eigenvalue weighted by molar-refractivity contribution is 6.32. The molecular formula is C30H39ClN6O4. The Morgan fingerprint density at radius 3 is 2.39 bits per heavy atom. The summed E-state index contributed by atoms with van der Waals surface area (Å²) in [5, 5.41) is 3.96. The third-order valence-corrected chi connectivity index (χ3v) is 6.50. The molecular weight excluding hydrogens is 544 g/mol. The normalized spacial score (nSPS) is 12.3. The number of H-pyrrole nitrogens is 1. The number of rotatable bonds is 11. The van der Waals surface area contributed by atoms with Gasteiger partial charge in [-0.1, -0.05) is 80.4 Å². The Balaban J connectivity index is 0.000000289. The Bertz CT molecular complexity index is 1440. The monoisotopic (exact) mass is 582 g/mol. The molecule has 0 aliphatic rings. The van der Waals surface area contributed by atoms with Crippen LogP contribution in [0.2, 0.25) is 0 Å². The lowest BCUT2D eigenvalue weighted by molar-refractivity contribution is -0.140. The molecule has 3 aromatic rings. The minimum atomic E-state index is -0.585. The van der Waals surface area contributed by atoms with Crippen molar-refractivity contribution in [3.8, 4) is 11.1 Å². The number of nitrogens with two attached hydrogens (primary N) is 2. The highest BCUT2D eigenvalue weighted by atomic mass is 35.5. The summed E-state index contributed by atoms with van der Waals surface area (Å²) in [6, 6.07) is 16.3. The summed E-state index contributed by atoms with van der Waals surface area (Å²) in [6.45, 7) is 9.17. The number of nitrogens with one attached hydrogen (secondary N) is 2. The zero-order valence-electron chi connectivity index (χ0n) is 24.2. The second-order valence-electron chi connectivity index (χ2n) is 9.21. The molecule has 0 unspecified atom stereocenters. The summed E-state index contributed by atoms with van der Waals surface area (Å²) in [5.74, 6) is 4.77. The molecule has 0 bridgehead atoms. The summed E-state index contributed by atoms with van der Waals surface area (Å²) in [7, 11) is 0. The first-order valence-corrected chi connectivity index (χ1v) is 13.7. The van der Waals surface area contributed by atoms with E-state index in [1.54, 1.807) is 13.8 Å². The van der Waals surface area contributed by atoms with Crippen molar-refractivity contribution in [1.29, 1.82) is 0 Å². The number of oxazole rings is 1. The van der Waals surface area contributed by atoms with Crippen LogP contribution in [0.1, 0.15) is 69.5 Å². The topological polar surface area (TPSA) is 161 Å². The molecule has 41 heavy (non-hydrogen) atoms. The minimum Gasteiger partial charge on any atom is -0.456 e. The standard InChI is InChI=1S/C15H21ClN2O4.C15H18N4/c1-5-6-7-9(2)17-13(16)10(3)14(19)21-8-12-11(4)22-15(20)18-12;1-2-11-7-9-12(10-8-11)13-5-3-4-6-14(13)15(16)18-19-17/h5-8H2,1-4H3,(H,18,20);3-10,19H,2,17H2,1H3,(H2,16,18)/b13-10+,17-9+;. The van der Waals surface area contributed by atoms with Crippen LogP contribution in [0.4, 0.5) is 0 Å². The molecule has 0 saturated carbocycles. The number of carbonyl (C=O) groups excluding carboxylic acids is 1. The van der Waals surface area contributed by atoms with E-state index in [2.05, 4.69) is 58.7 Å². The van der Waals surface area contributed by atoms with E-state index in [1.165, 1.54) is 5.56 Å². The lowest BCUT2D eigenvalue weighted by Crippen LogP contribution is -2.23. The molecule has 3 rings (SSSR count). The van der Waals surface area contributed by atoms with Gasteiger partial charge >= 0.3 is 11.7 Å². The summed E-state index contributed by atoms with van der Waals surface area (Å²) in [5.41, 5.74) is 14.0. The maximum absolute atomic E-state index is 11.9. The van der Waals surface area contributed by atoms with Crippen molar-refractivity contribution < 1.29 is 13.9 Å². The molecule has 220 valence electrons. The molecule has 0 spiro atoms. The van der Waals surface area contributed by atoms with Crippen LogP contribution in [0.5, 0.6) is 0 Å². The number of hydrazone groups is 1. The highest BCUT2D eigenvalue weighted by Crippen LogP contribution is 2.24. The van der Waals surface area contributed by atoms with Crippen molar-refractivity contribution in [2.45, 2.75) is 66.9 Å². The number of aryl methyl sites for hydroxylation is 2. The van der Waals surface area contributed by atoms with Crippen molar-refractivity contribution in [1.82, 2.24) is 10.5 Å². The van der Waals surface area contributed by atoms with Gasteiger partial charge < -0.3 is 14.9 Å². The summed E-state index contributed by atoms with van der Waals surface area (Å²) >= 11 is 6.03. The molecule has 0 aliphatic carbocycles. The first-order valence-electron chi connectivity index (χ1n) is 13.3. The maximum Gasteiger partial charge on any atom is 0.416 e. The van der Waals surface area contributed by atoms with E-state index in [9.17, 15) is 9.59 Å². The van der Waals surface area contributed by atoms with Crippen LogP contribution in [-0.4, -0.2) is 22.5 Å². The van der Waals surface area contributed by atoms with Crippen LogP contribution in [-0.2, 0) is 22.6 Å². The van der Waals surface area contributed by atoms with Crippen molar-refractivity contribution in [2.75, 3.05) is 0 Å². The van der Waals surface area contributed by atoms with Gasteiger partial charge in [0.25, 0.3) is 0 Å². The summed E-state index contributed by atoms with van der Waals surface area (Å²) in [4.78, 5) is 29.6. The van der Waals surface area contributed by atoms with Crippen LogP contribution in [0.15, 0.2) is 78.6 Å². The van der Waals surface area contributed by atoms with E-state index < -0.39 is 11.7 Å². The van der Waals surface area contributed by atoms with Crippen LogP contribution in [0.25, 0.3) is 11.1 Å². The number of carbonyl (C=O) groups is 1. The van der Waals surface area contributed by atoms with Gasteiger partial charge in [-0.3, -0.25) is 4.98 Å². The van der Waals surface area contributed by atoms with Crippen molar-refractivity contribution in [3.63, 3.8) is 0 Å². The van der Waals surface area contributed by atoms with Gasteiger partial charge in [0.05, 0.1) is 11.3 Å². The Hall–Kier alpha value is -4.15. The number of amidine groups is 1. The number of ether oxygens (including phenoxy) is 1. The van der Waals surface area contributed by atoms with Gasteiger partial charge in [0.2, 0.25) is 0 Å². The smallest absolute Gasteiger partial charge is 0.416 e. The van der Waals surface area contributed by atoms with Crippen molar-refractivity contribution in [2.24, 2.45) is 21.7 Å².